The molecule has 4 heteroatoms. The monoisotopic (exact) mass is 287 g/mol. The summed E-state index contributed by atoms with van der Waals surface area (Å²) in [5.74, 6) is -0.880. The smallest absolute Gasteiger partial charge is 0.311 e. The van der Waals surface area contributed by atoms with Crippen LogP contribution in [0.2, 0.25) is 0 Å². The predicted octanol–water partition coefficient (Wildman–Crippen LogP) is 2.09. The molecule has 0 radical (unpaired) electrons. The Balaban J connectivity index is 1.56. The van der Waals surface area contributed by atoms with Gasteiger partial charge in [-0.1, -0.05) is 18.2 Å². The third-order valence-corrected chi connectivity index (χ3v) is 4.71. The topological polar surface area (TPSA) is 66.4 Å². The van der Waals surface area contributed by atoms with E-state index < -0.39 is 11.4 Å². The molecule has 0 heterocycles. The van der Waals surface area contributed by atoms with Crippen LogP contribution in [0.25, 0.3) is 0 Å². The Morgan fingerprint density at radius 2 is 1.86 bits per heavy atom. The van der Waals surface area contributed by atoms with Gasteiger partial charge in [-0.15, -0.1) is 0 Å². The zero-order chi connectivity index (χ0) is 14.9. The number of hydrogen-bond donors (Lipinski definition) is 2. The Bertz CT molecular complexity index is 575. The number of fused-ring (bicyclic) bond motifs is 1. The van der Waals surface area contributed by atoms with E-state index in [2.05, 4.69) is 17.4 Å². The Morgan fingerprint density at radius 3 is 2.52 bits per heavy atom. The molecule has 1 amide bonds. The number of carboxylic acids is 1. The molecule has 2 N–H and O–H groups in total. The molecule has 1 aromatic carbocycles. The van der Waals surface area contributed by atoms with Crippen molar-refractivity contribution in [2.75, 3.05) is 6.54 Å². The van der Waals surface area contributed by atoms with Gasteiger partial charge < -0.3 is 10.4 Å². The third-order valence-electron chi connectivity index (χ3n) is 4.71. The Hall–Kier alpha value is -1.84. The minimum Gasteiger partial charge on any atom is -0.481 e. The standard InChI is InChI=1S/C17H21NO3/c19-15(18-11-17(7-8-17)16(20)21)10-12-5-6-13-3-1-2-4-14(13)9-12/h5-6,9H,1-4,7-8,10-11H2,(H,18,19)(H,20,21). The van der Waals surface area contributed by atoms with Crippen molar-refractivity contribution < 1.29 is 14.7 Å². The van der Waals surface area contributed by atoms with Crippen molar-refractivity contribution in [2.24, 2.45) is 5.41 Å². The van der Waals surface area contributed by atoms with Crippen LogP contribution >= 0.6 is 0 Å². The average molecular weight is 287 g/mol. The average Bonchev–Trinajstić information content (AvgIpc) is 3.26. The van der Waals surface area contributed by atoms with Crippen molar-refractivity contribution >= 4 is 11.9 Å². The van der Waals surface area contributed by atoms with E-state index in [0.717, 1.165) is 18.4 Å². The molecule has 1 fully saturated rings. The molecule has 0 spiro atoms. The molecule has 0 aliphatic heterocycles. The summed E-state index contributed by atoms with van der Waals surface area (Å²) in [6.45, 7) is 0.256. The van der Waals surface area contributed by atoms with Gasteiger partial charge in [-0.2, -0.15) is 0 Å². The maximum atomic E-state index is 12.0. The maximum Gasteiger partial charge on any atom is 0.311 e. The highest BCUT2D eigenvalue weighted by Gasteiger charge is 2.50. The van der Waals surface area contributed by atoms with Crippen molar-refractivity contribution in [3.63, 3.8) is 0 Å². The van der Waals surface area contributed by atoms with Crippen LogP contribution in [0, 0.1) is 5.41 Å². The van der Waals surface area contributed by atoms with E-state index >= 15 is 0 Å². The number of nitrogens with one attached hydrogen (secondary N) is 1. The van der Waals surface area contributed by atoms with E-state index in [-0.39, 0.29) is 12.5 Å². The minimum atomic E-state index is -0.795. The van der Waals surface area contributed by atoms with Gasteiger partial charge in [-0.3, -0.25) is 9.59 Å². The second-order valence-corrected chi connectivity index (χ2v) is 6.35. The van der Waals surface area contributed by atoms with Crippen molar-refractivity contribution in [1.29, 1.82) is 0 Å². The van der Waals surface area contributed by atoms with Crippen molar-refractivity contribution in [3.05, 3.63) is 34.9 Å². The normalized spacial score (nSPS) is 18.7. The van der Waals surface area contributed by atoms with Gasteiger partial charge in [-0.05, 0) is 55.2 Å². The van der Waals surface area contributed by atoms with E-state index in [4.69, 9.17) is 5.11 Å². The summed E-state index contributed by atoms with van der Waals surface area (Å²) >= 11 is 0. The number of carbonyl (C=O) groups is 2. The van der Waals surface area contributed by atoms with Crippen LogP contribution in [-0.2, 0) is 28.9 Å². The molecule has 4 nitrogen and oxygen atoms in total. The number of aliphatic carboxylic acids is 1. The lowest BCUT2D eigenvalue weighted by molar-refractivity contribution is -0.143. The summed E-state index contributed by atoms with van der Waals surface area (Å²) in [7, 11) is 0. The van der Waals surface area contributed by atoms with E-state index in [9.17, 15) is 9.59 Å². The van der Waals surface area contributed by atoms with Gasteiger partial charge in [-0.25, -0.2) is 0 Å². The molecule has 1 aromatic rings. The molecule has 0 atom stereocenters. The number of benzene rings is 1. The van der Waals surface area contributed by atoms with Crippen LogP contribution in [-0.4, -0.2) is 23.5 Å². The zero-order valence-electron chi connectivity index (χ0n) is 12.2. The predicted molar refractivity (Wildman–Crippen MR) is 79.1 cm³/mol. The Morgan fingerprint density at radius 1 is 1.14 bits per heavy atom. The van der Waals surface area contributed by atoms with Crippen LogP contribution in [0.15, 0.2) is 18.2 Å². The van der Waals surface area contributed by atoms with Crippen LogP contribution < -0.4 is 5.32 Å². The second-order valence-electron chi connectivity index (χ2n) is 6.35. The summed E-state index contributed by atoms with van der Waals surface area (Å²) in [6.07, 6.45) is 6.40. The summed E-state index contributed by atoms with van der Waals surface area (Å²) in [5.41, 5.74) is 3.11. The lowest BCUT2D eigenvalue weighted by Gasteiger charge is -2.16. The van der Waals surface area contributed by atoms with Crippen molar-refractivity contribution in [3.8, 4) is 0 Å². The maximum absolute atomic E-state index is 12.0. The molecule has 0 unspecified atom stereocenters. The molecule has 1 saturated carbocycles. The highest BCUT2D eigenvalue weighted by molar-refractivity contribution is 5.82. The molecular weight excluding hydrogens is 266 g/mol. The molecule has 21 heavy (non-hydrogen) atoms. The summed E-state index contributed by atoms with van der Waals surface area (Å²) in [4.78, 5) is 23.0. The molecule has 0 saturated heterocycles. The number of hydrogen-bond acceptors (Lipinski definition) is 2. The fourth-order valence-electron chi connectivity index (χ4n) is 3.03. The first-order valence-electron chi connectivity index (χ1n) is 7.70. The van der Waals surface area contributed by atoms with Crippen LogP contribution in [0.1, 0.15) is 42.4 Å². The lowest BCUT2D eigenvalue weighted by Crippen LogP contribution is -2.35. The second kappa shape index (κ2) is 5.51. The van der Waals surface area contributed by atoms with Gasteiger partial charge >= 0.3 is 5.97 Å². The van der Waals surface area contributed by atoms with Gasteiger partial charge in [0.2, 0.25) is 5.91 Å². The summed E-state index contributed by atoms with van der Waals surface area (Å²) < 4.78 is 0. The molecule has 2 aliphatic rings. The molecule has 112 valence electrons. The van der Waals surface area contributed by atoms with Gasteiger partial charge in [0.25, 0.3) is 0 Å². The van der Waals surface area contributed by atoms with Crippen LogP contribution in [0.3, 0.4) is 0 Å². The first-order chi connectivity index (χ1) is 10.1. The molecule has 2 aliphatic carbocycles. The van der Waals surface area contributed by atoms with Gasteiger partial charge in [0.15, 0.2) is 0 Å². The highest BCUT2D eigenvalue weighted by atomic mass is 16.4. The number of carboxylic acid groups (broad SMARTS) is 1. The Labute approximate surface area is 124 Å². The lowest BCUT2D eigenvalue weighted by atomic mass is 9.90. The summed E-state index contributed by atoms with van der Waals surface area (Å²) in [6, 6.07) is 6.29. The fraction of sp³-hybridized carbons (Fsp3) is 0.529. The van der Waals surface area contributed by atoms with E-state index in [1.54, 1.807) is 0 Å². The molecule has 3 rings (SSSR count). The van der Waals surface area contributed by atoms with Gasteiger partial charge in [0, 0.05) is 6.54 Å². The fourth-order valence-corrected chi connectivity index (χ4v) is 3.03. The van der Waals surface area contributed by atoms with Crippen LogP contribution in [0.5, 0.6) is 0 Å². The zero-order valence-corrected chi connectivity index (χ0v) is 12.2. The first kappa shape index (κ1) is 14.1. The van der Waals surface area contributed by atoms with Crippen LogP contribution in [0.4, 0.5) is 0 Å². The number of carbonyl (C=O) groups excluding carboxylic acids is 1. The SMILES string of the molecule is O=C(Cc1ccc2c(c1)CCCC2)NCC1(C(=O)O)CC1. The third kappa shape index (κ3) is 3.09. The van der Waals surface area contributed by atoms with Gasteiger partial charge in [0.1, 0.15) is 0 Å². The van der Waals surface area contributed by atoms with Crippen molar-refractivity contribution in [2.45, 2.75) is 44.9 Å². The molecular formula is C17H21NO3. The van der Waals surface area contributed by atoms with Crippen molar-refractivity contribution in [1.82, 2.24) is 5.32 Å². The quantitative estimate of drug-likeness (QED) is 0.871. The first-order valence-corrected chi connectivity index (χ1v) is 7.70. The number of amides is 1. The summed E-state index contributed by atoms with van der Waals surface area (Å²) in [5, 5.41) is 11.9. The Kier molecular flexibility index (Phi) is 3.70. The minimum absolute atomic E-state index is 0.0849. The number of aryl methyl sites for hydroxylation is 2. The van der Waals surface area contributed by atoms with Gasteiger partial charge in [0.05, 0.1) is 11.8 Å². The van der Waals surface area contributed by atoms with E-state index in [1.807, 2.05) is 6.07 Å². The van der Waals surface area contributed by atoms with E-state index in [1.165, 1.54) is 24.0 Å². The molecule has 0 aromatic heterocycles. The molecule has 0 bridgehead atoms. The highest BCUT2D eigenvalue weighted by Crippen LogP contribution is 2.45. The number of rotatable bonds is 5. The van der Waals surface area contributed by atoms with E-state index in [0.29, 0.717) is 19.3 Å². The largest absolute Gasteiger partial charge is 0.481 e.